The summed E-state index contributed by atoms with van der Waals surface area (Å²) in [6.45, 7) is 10.7. The molecule has 1 aromatic rings. The van der Waals surface area contributed by atoms with Crippen LogP contribution in [0, 0.1) is 18.7 Å². The van der Waals surface area contributed by atoms with Gasteiger partial charge < -0.3 is 10.2 Å². The Morgan fingerprint density at radius 3 is 2.79 bits per heavy atom. The van der Waals surface area contributed by atoms with Gasteiger partial charge in [-0.1, -0.05) is 26.8 Å². The van der Waals surface area contributed by atoms with Gasteiger partial charge in [0.25, 0.3) is 0 Å². The predicted octanol–water partition coefficient (Wildman–Crippen LogP) is 3.35. The van der Waals surface area contributed by atoms with E-state index in [1.165, 1.54) is 0 Å². The lowest BCUT2D eigenvalue weighted by atomic mass is 9.97. The van der Waals surface area contributed by atoms with E-state index in [0.29, 0.717) is 18.0 Å². The molecule has 1 heterocycles. The normalized spacial score (nSPS) is 24.0. The minimum absolute atomic E-state index is 0.143. The summed E-state index contributed by atoms with van der Waals surface area (Å²) < 4.78 is 13.5. The maximum atomic E-state index is 13.5. The fraction of sp³-hybridized carbons (Fsp3) is 0.625. The molecule has 2 rings (SSSR count). The second-order valence-electron chi connectivity index (χ2n) is 5.90. The van der Waals surface area contributed by atoms with Crippen LogP contribution in [0.5, 0.6) is 0 Å². The Bertz CT molecular complexity index is 431. The summed E-state index contributed by atoms with van der Waals surface area (Å²) in [6.07, 6.45) is 1.08. The van der Waals surface area contributed by atoms with E-state index in [-0.39, 0.29) is 5.82 Å². The first-order valence-corrected chi connectivity index (χ1v) is 7.29. The molecule has 0 aliphatic carbocycles. The van der Waals surface area contributed by atoms with Crippen molar-refractivity contribution >= 4 is 5.69 Å². The van der Waals surface area contributed by atoms with Crippen molar-refractivity contribution in [3.8, 4) is 0 Å². The summed E-state index contributed by atoms with van der Waals surface area (Å²) >= 11 is 0. The molecule has 0 saturated carbocycles. The molecule has 1 aromatic carbocycles. The topological polar surface area (TPSA) is 15.3 Å². The summed E-state index contributed by atoms with van der Waals surface area (Å²) in [5, 5.41) is 3.62. The number of hydrogen-bond acceptors (Lipinski definition) is 2. The van der Waals surface area contributed by atoms with Gasteiger partial charge >= 0.3 is 0 Å². The Morgan fingerprint density at radius 2 is 2.16 bits per heavy atom. The molecule has 1 fully saturated rings. The highest BCUT2D eigenvalue weighted by Crippen LogP contribution is 2.27. The number of nitrogens with zero attached hydrogens (tertiary/aromatic N) is 1. The minimum Gasteiger partial charge on any atom is -0.365 e. The van der Waals surface area contributed by atoms with Gasteiger partial charge in [-0.05, 0) is 37.0 Å². The summed E-state index contributed by atoms with van der Waals surface area (Å²) in [5.41, 5.74) is 2.21. The third-order valence-corrected chi connectivity index (χ3v) is 4.21. The van der Waals surface area contributed by atoms with E-state index in [0.717, 1.165) is 30.8 Å². The van der Waals surface area contributed by atoms with Crippen LogP contribution in [0.1, 0.15) is 32.8 Å². The van der Waals surface area contributed by atoms with Gasteiger partial charge in [0.1, 0.15) is 5.82 Å². The second kappa shape index (κ2) is 5.91. The van der Waals surface area contributed by atoms with Gasteiger partial charge in [0.2, 0.25) is 0 Å². The fourth-order valence-electron chi connectivity index (χ4n) is 2.82. The lowest BCUT2D eigenvalue weighted by Crippen LogP contribution is -2.58. The molecule has 0 bridgehead atoms. The van der Waals surface area contributed by atoms with E-state index in [2.05, 4.69) is 37.9 Å². The van der Waals surface area contributed by atoms with Gasteiger partial charge in [0, 0.05) is 30.9 Å². The van der Waals surface area contributed by atoms with Crippen molar-refractivity contribution in [2.75, 3.05) is 18.0 Å². The van der Waals surface area contributed by atoms with Crippen molar-refractivity contribution in [3.63, 3.8) is 0 Å². The molecule has 1 aliphatic rings. The molecule has 2 unspecified atom stereocenters. The zero-order chi connectivity index (χ0) is 14.0. The first-order chi connectivity index (χ1) is 9.02. The standard InChI is InChI=1S/C16H25FN2/c1-5-14-9-18-15(11(2)3)10-19(14)16-8-13(17)7-6-12(16)4/h6-8,11,14-15,18H,5,9-10H2,1-4H3. The van der Waals surface area contributed by atoms with Crippen LogP contribution in [0.4, 0.5) is 10.1 Å². The van der Waals surface area contributed by atoms with E-state index in [4.69, 9.17) is 0 Å². The van der Waals surface area contributed by atoms with E-state index < -0.39 is 0 Å². The number of anilines is 1. The third-order valence-electron chi connectivity index (χ3n) is 4.21. The fourth-order valence-corrected chi connectivity index (χ4v) is 2.82. The Hall–Kier alpha value is -1.09. The Kier molecular flexibility index (Phi) is 4.46. The zero-order valence-electron chi connectivity index (χ0n) is 12.4. The highest BCUT2D eigenvalue weighted by molar-refractivity contribution is 5.54. The Labute approximate surface area is 116 Å². The quantitative estimate of drug-likeness (QED) is 0.900. The smallest absolute Gasteiger partial charge is 0.125 e. The number of piperazine rings is 1. The molecule has 3 heteroatoms. The number of benzene rings is 1. The van der Waals surface area contributed by atoms with Crippen LogP contribution in [0.15, 0.2) is 18.2 Å². The summed E-state index contributed by atoms with van der Waals surface area (Å²) in [6, 6.07) is 6.04. The van der Waals surface area contributed by atoms with Gasteiger partial charge in [0.15, 0.2) is 0 Å². The minimum atomic E-state index is -0.143. The first-order valence-electron chi connectivity index (χ1n) is 7.29. The lowest BCUT2D eigenvalue weighted by molar-refractivity contribution is 0.325. The zero-order valence-corrected chi connectivity index (χ0v) is 12.4. The van der Waals surface area contributed by atoms with Crippen molar-refractivity contribution < 1.29 is 4.39 Å². The van der Waals surface area contributed by atoms with Gasteiger partial charge in [0.05, 0.1) is 0 Å². The molecule has 0 aromatic heterocycles. The average molecular weight is 264 g/mol. The average Bonchev–Trinajstić information content (AvgIpc) is 2.40. The number of rotatable bonds is 3. The van der Waals surface area contributed by atoms with Crippen molar-refractivity contribution in [2.45, 2.75) is 46.2 Å². The van der Waals surface area contributed by atoms with E-state index in [9.17, 15) is 4.39 Å². The summed E-state index contributed by atoms with van der Waals surface area (Å²) in [7, 11) is 0. The number of aryl methyl sites for hydroxylation is 1. The van der Waals surface area contributed by atoms with E-state index >= 15 is 0 Å². The molecule has 1 saturated heterocycles. The highest BCUT2D eigenvalue weighted by atomic mass is 19.1. The molecule has 2 nitrogen and oxygen atoms in total. The van der Waals surface area contributed by atoms with Crippen LogP contribution in [-0.2, 0) is 0 Å². The maximum absolute atomic E-state index is 13.5. The third kappa shape index (κ3) is 3.08. The number of nitrogens with one attached hydrogen (secondary N) is 1. The number of halogens is 1. The molecule has 1 aliphatic heterocycles. The van der Waals surface area contributed by atoms with E-state index in [1.54, 1.807) is 12.1 Å². The number of hydrogen-bond donors (Lipinski definition) is 1. The molecule has 106 valence electrons. The van der Waals surface area contributed by atoms with Crippen LogP contribution < -0.4 is 10.2 Å². The predicted molar refractivity (Wildman–Crippen MR) is 79.2 cm³/mol. The van der Waals surface area contributed by atoms with Gasteiger partial charge in [-0.15, -0.1) is 0 Å². The van der Waals surface area contributed by atoms with Crippen LogP contribution >= 0.6 is 0 Å². The molecule has 19 heavy (non-hydrogen) atoms. The van der Waals surface area contributed by atoms with Crippen LogP contribution in [-0.4, -0.2) is 25.2 Å². The van der Waals surface area contributed by atoms with E-state index in [1.807, 2.05) is 6.07 Å². The molecule has 2 atom stereocenters. The van der Waals surface area contributed by atoms with Crippen LogP contribution in [0.2, 0.25) is 0 Å². The van der Waals surface area contributed by atoms with Crippen LogP contribution in [0.25, 0.3) is 0 Å². The first kappa shape index (κ1) is 14.3. The van der Waals surface area contributed by atoms with Crippen molar-refractivity contribution in [1.29, 1.82) is 0 Å². The lowest BCUT2D eigenvalue weighted by Gasteiger charge is -2.43. The van der Waals surface area contributed by atoms with Gasteiger partial charge in [-0.2, -0.15) is 0 Å². The SMILES string of the molecule is CCC1CNC(C(C)C)CN1c1cc(F)ccc1C. The van der Waals surface area contributed by atoms with Crippen molar-refractivity contribution in [2.24, 2.45) is 5.92 Å². The van der Waals surface area contributed by atoms with Crippen LogP contribution in [0.3, 0.4) is 0 Å². The molecular weight excluding hydrogens is 239 g/mol. The van der Waals surface area contributed by atoms with Gasteiger partial charge in [-0.25, -0.2) is 4.39 Å². The molecule has 0 radical (unpaired) electrons. The van der Waals surface area contributed by atoms with Crippen molar-refractivity contribution in [1.82, 2.24) is 5.32 Å². The monoisotopic (exact) mass is 264 g/mol. The molecule has 1 N–H and O–H groups in total. The highest BCUT2D eigenvalue weighted by Gasteiger charge is 2.29. The van der Waals surface area contributed by atoms with Gasteiger partial charge in [-0.3, -0.25) is 0 Å². The largest absolute Gasteiger partial charge is 0.365 e. The Balaban J connectivity index is 2.29. The maximum Gasteiger partial charge on any atom is 0.125 e. The second-order valence-corrected chi connectivity index (χ2v) is 5.90. The summed E-state index contributed by atoms with van der Waals surface area (Å²) in [5.74, 6) is 0.448. The molecular formula is C16H25FN2. The van der Waals surface area contributed by atoms with Crippen molar-refractivity contribution in [3.05, 3.63) is 29.6 Å². The summed E-state index contributed by atoms with van der Waals surface area (Å²) in [4.78, 5) is 2.39. The molecule has 0 spiro atoms. The Morgan fingerprint density at radius 1 is 1.42 bits per heavy atom. The molecule has 0 amide bonds.